The van der Waals surface area contributed by atoms with Crippen LogP contribution in [0.4, 0.5) is 5.95 Å². The average Bonchev–Trinajstić information content (AvgIpc) is 2.79. The number of hydrogen-bond donors (Lipinski definition) is 1. The summed E-state index contributed by atoms with van der Waals surface area (Å²) < 4.78 is 7.97. The number of nitrogens with one attached hydrogen (secondary N) is 1. The summed E-state index contributed by atoms with van der Waals surface area (Å²) in [5.74, 6) is 1.76. The van der Waals surface area contributed by atoms with Gasteiger partial charge in [-0.3, -0.25) is 4.57 Å². The molecule has 0 fully saturated rings. The van der Waals surface area contributed by atoms with Crippen molar-refractivity contribution in [1.82, 2.24) is 9.55 Å². The quantitative estimate of drug-likeness (QED) is 0.866. The van der Waals surface area contributed by atoms with Crippen LogP contribution in [0.1, 0.15) is 39.8 Å². The van der Waals surface area contributed by atoms with Gasteiger partial charge in [-0.1, -0.05) is 13.0 Å². The van der Waals surface area contributed by atoms with Crippen LogP contribution < -0.4 is 10.1 Å². The number of rotatable bonds is 6. The van der Waals surface area contributed by atoms with Crippen LogP contribution in [0.3, 0.4) is 0 Å². The standard InChI is InChI=1S/C17H25N3O/c1-6-14(5)21-16-9-7-8-15(10-16)20-11-13(4)19-17(20)18-12(2)3/h7-12,14H,6H2,1-5H3,(H,18,19). The van der Waals surface area contributed by atoms with Crippen LogP contribution in [0.15, 0.2) is 30.5 Å². The molecule has 21 heavy (non-hydrogen) atoms. The molecule has 2 rings (SSSR count). The van der Waals surface area contributed by atoms with Crippen molar-refractivity contribution in [3.63, 3.8) is 0 Å². The Labute approximate surface area is 127 Å². The number of anilines is 1. The van der Waals surface area contributed by atoms with E-state index < -0.39 is 0 Å². The minimum atomic E-state index is 0.220. The molecule has 0 bridgehead atoms. The van der Waals surface area contributed by atoms with Gasteiger partial charge in [-0.15, -0.1) is 0 Å². The number of imidazole rings is 1. The molecule has 0 aliphatic carbocycles. The summed E-state index contributed by atoms with van der Waals surface area (Å²) in [6.07, 6.45) is 3.25. The topological polar surface area (TPSA) is 39.1 Å². The third-order valence-corrected chi connectivity index (χ3v) is 3.25. The molecule has 0 aliphatic heterocycles. The SMILES string of the molecule is CCC(C)Oc1cccc(-n2cc(C)nc2NC(C)C)c1. The van der Waals surface area contributed by atoms with Crippen molar-refractivity contribution < 1.29 is 4.74 Å². The van der Waals surface area contributed by atoms with Crippen molar-refractivity contribution in [3.8, 4) is 11.4 Å². The van der Waals surface area contributed by atoms with E-state index in [1.165, 1.54) is 0 Å². The van der Waals surface area contributed by atoms with Crippen LogP contribution in [0.25, 0.3) is 5.69 Å². The minimum Gasteiger partial charge on any atom is -0.491 e. The Bertz CT molecular complexity index is 589. The predicted octanol–water partition coefficient (Wildman–Crippen LogP) is 4.18. The molecule has 0 spiro atoms. The van der Waals surface area contributed by atoms with Gasteiger partial charge in [0.2, 0.25) is 5.95 Å². The van der Waals surface area contributed by atoms with E-state index in [2.05, 4.69) is 54.7 Å². The Balaban J connectivity index is 2.31. The summed E-state index contributed by atoms with van der Waals surface area (Å²) in [6, 6.07) is 8.47. The number of hydrogen-bond acceptors (Lipinski definition) is 3. The first kappa shape index (κ1) is 15.4. The molecule has 4 heteroatoms. The van der Waals surface area contributed by atoms with Gasteiger partial charge in [0, 0.05) is 18.3 Å². The molecule has 2 aromatic rings. The summed E-state index contributed by atoms with van der Waals surface area (Å²) in [5.41, 5.74) is 2.05. The van der Waals surface area contributed by atoms with Crippen LogP contribution in [-0.2, 0) is 0 Å². The Kier molecular flexibility index (Phi) is 4.89. The predicted molar refractivity (Wildman–Crippen MR) is 87.4 cm³/mol. The van der Waals surface area contributed by atoms with Crippen LogP contribution >= 0.6 is 0 Å². The summed E-state index contributed by atoms with van der Waals surface area (Å²) >= 11 is 0. The van der Waals surface area contributed by atoms with E-state index in [1.54, 1.807) is 0 Å². The van der Waals surface area contributed by atoms with Gasteiger partial charge < -0.3 is 10.1 Å². The van der Waals surface area contributed by atoms with E-state index in [-0.39, 0.29) is 6.10 Å². The number of ether oxygens (including phenoxy) is 1. The highest BCUT2D eigenvalue weighted by Crippen LogP contribution is 2.22. The molecule has 0 saturated carbocycles. The van der Waals surface area contributed by atoms with Gasteiger partial charge in [0.25, 0.3) is 0 Å². The van der Waals surface area contributed by atoms with Crippen LogP contribution in [-0.4, -0.2) is 21.7 Å². The van der Waals surface area contributed by atoms with Crippen molar-refractivity contribution >= 4 is 5.95 Å². The fourth-order valence-electron chi connectivity index (χ4n) is 2.08. The molecule has 1 heterocycles. The third-order valence-electron chi connectivity index (χ3n) is 3.25. The van der Waals surface area contributed by atoms with Gasteiger partial charge in [-0.25, -0.2) is 4.98 Å². The summed E-state index contributed by atoms with van der Waals surface area (Å²) in [6.45, 7) is 10.4. The molecule has 0 aliphatic rings. The zero-order chi connectivity index (χ0) is 15.4. The molecular weight excluding hydrogens is 262 g/mol. The summed E-state index contributed by atoms with van der Waals surface area (Å²) in [5, 5.41) is 3.38. The Morgan fingerprint density at radius 2 is 2.05 bits per heavy atom. The Morgan fingerprint density at radius 1 is 1.29 bits per heavy atom. The lowest BCUT2D eigenvalue weighted by molar-refractivity contribution is 0.217. The third kappa shape index (κ3) is 4.00. The van der Waals surface area contributed by atoms with Gasteiger partial charge >= 0.3 is 0 Å². The first-order valence-corrected chi connectivity index (χ1v) is 7.59. The second-order valence-corrected chi connectivity index (χ2v) is 5.71. The monoisotopic (exact) mass is 287 g/mol. The van der Waals surface area contributed by atoms with E-state index in [0.717, 1.165) is 29.5 Å². The second-order valence-electron chi connectivity index (χ2n) is 5.71. The molecule has 0 saturated heterocycles. The van der Waals surface area contributed by atoms with Crippen molar-refractivity contribution in [2.24, 2.45) is 0 Å². The molecule has 0 amide bonds. The minimum absolute atomic E-state index is 0.220. The first-order chi connectivity index (χ1) is 9.99. The highest BCUT2D eigenvalue weighted by molar-refractivity contribution is 5.46. The second kappa shape index (κ2) is 6.66. The lowest BCUT2D eigenvalue weighted by Gasteiger charge is -2.15. The highest BCUT2D eigenvalue weighted by Gasteiger charge is 2.10. The van der Waals surface area contributed by atoms with Gasteiger partial charge in [-0.2, -0.15) is 0 Å². The van der Waals surface area contributed by atoms with E-state index in [4.69, 9.17) is 4.74 Å². The van der Waals surface area contributed by atoms with Crippen molar-refractivity contribution in [3.05, 3.63) is 36.2 Å². The molecular formula is C17H25N3O. The van der Waals surface area contributed by atoms with Gasteiger partial charge in [-0.05, 0) is 46.2 Å². The molecule has 1 atom stereocenters. The number of aromatic nitrogens is 2. The number of nitrogens with zero attached hydrogens (tertiary/aromatic N) is 2. The molecule has 0 radical (unpaired) electrons. The Hall–Kier alpha value is -1.97. The largest absolute Gasteiger partial charge is 0.491 e. The van der Waals surface area contributed by atoms with Crippen molar-refractivity contribution in [1.29, 1.82) is 0 Å². The Morgan fingerprint density at radius 3 is 2.71 bits per heavy atom. The highest BCUT2D eigenvalue weighted by atomic mass is 16.5. The van der Waals surface area contributed by atoms with Crippen molar-refractivity contribution in [2.75, 3.05) is 5.32 Å². The molecule has 1 aromatic carbocycles. The smallest absolute Gasteiger partial charge is 0.207 e. The maximum atomic E-state index is 5.90. The molecule has 114 valence electrons. The maximum absolute atomic E-state index is 5.90. The van der Waals surface area contributed by atoms with Crippen molar-refractivity contribution in [2.45, 2.75) is 53.2 Å². The average molecular weight is 287 g/mol. The van der Waals surface area contributed by atoms with Crippen LogP contribution in [0.5, 0.6) is 5.75 Å². The van der Waals surface area contributed by atoms with E-state index in [9.17, 15) is 0 Å². The fraction of sp³-hybridized carbons (Fsp3) is 0.471. The molecule has 1 aromatic heterocycles. The zero-order valence-corrected chi connectivity index (χ0v) is 13.6. The molecule has 4 nitrogen and oxygen atoms in total. The van der Waals surface area contributed by atoms with Gasteiger partial charge in [0.05, 0.1) is 17.5 Å². The number of benzene rings is 1. The zero-order valence-electron chi connectivity index (χ0n) is 13.6. The number of aryl methyl sites for hydroxylation is 1. The van der Waals surface area contributed by atoms with Crippen LogP contribution in [0, 0.1) is 6.92 Å². The van der Waals surface area contributed by atoms with E-state index in [0.29, 0.717) is 6.04 Å². The van der Waals surface area contributed by atoms with Gasteiger partial charge in [0.1, 0.15) is 5.75 Å². The lowest BCUT2D eigenvalue weighted by Crippen LogP contribution is -2.14. The van der Waals surface area contributed by atoms with E-state index in [1.807, 2.05) is 25.3 Å². The lowest BCUT2D eigenvalue weighted by atomic mass is 10.2. The molecule has 1 unspecified atom stereocenters. The normalized spacial score (nSPS) is 12.5. The van der Waals surface area contributed by atoms with Crippen LogP contribution in [0.2, 0.25) is 0 Å². The summed E-state index contributed by atoms with van der Waals surface area (Å²) in [7, 11) is 0. The van der Waals surface area contributed by atoms with E-state index >= 15 is 0 Å². The molecule has 1 N–H and O–H groups in total. The fourth-order valence-corrected chi connectivity index (χ4v) is 2.08. The maximum Gasteiger partial charge on any atom is 0.207 e. The first-order valence-electron chi connectivity index (χ1n) is 7.59. The van der Waals surface area contributed by atoms with Gasteiger partial charge in [0.15, 0.2) is 0 Å². The summed E-state index contributed by atoms with van der Waals surface area (Å²) in [4.78, 5) is 4.54.